The first kappa shape index (κ1) is 34.4. The molecule has 2 unspecified atom stereocenters. The first-order chi connectivity index (χ1) is 8.18. The van der Waals surface area contributed by atoms with E-state index in [0.717, 1.165) is 39.3 Å². The SMILES string of the molecule is CC1CNCCN1.[CH2-]C.[CH2-]N1CCNC(C)C1.[CH3-].[CH3-].[Y].[Y]. The Labute approximate surface area is 185 Å². The minimum Gasteiger partial charge on any atom is -0.457 e. The zero-order valence-corrected chi connectivity index (χ0v) is 20.6. The molecule has 6 heteroatoms. The molecule has 0 aromatic rings. The average Bonchev–Trinajstić information content (AvgIpc) is 2.33. The van der Waals surface area contributed by atoms with E-state index < -0.39 is 0 Å². The second-order valence-corrected chi connectivity index (χ2v) is 4.49. The van der Waals surface area contributed by atoms with Gasteiger partial charge in [0.25, 0.3) is 0 Å². The van der Waals surface area contributed by atoms with E-state index in [2.05, 4.69) is 48.7 Å². The second kappa shape index (κ2) is 24.3. The topological polar surface area (TPSA) is 39.3 Å². The van der Waals surface area contributed by atoms with Crippen molar-refractivity contribution in [2.24, 2.45) is 0 Å². The van der Waals surface area contributed by atoms with E-state index in [9.17, 15) is 0 Å². The summed E-state index contributed by atoms with van der Waals surface area (Å²) in [7, 11) is 3.84. The normalized spacial score (nSPS) is 23.9. The second-order valence-electron chi connectivity index (χ2n) is 4.49. The van der Waals surface area contributed by atoms with Gasteiger partial charge in [0, 0.05) is 104 Å². The number of hydrogen-bond donors (Lipinski definition) is 3. The summed E-state index contributed by atoms with van der Waals surface area (Å²) in [4.78, 5) is 2.10. The molecule has 0 aromatic heterocycles. The predicted molar refractivity (Wildman–Crippen MR) is 88.6 cm³/mol. The molecule has 2 heterocycles. The third-order valence-electron chi connectivity index (χ3n) is 2.70. The molecule has 0 spiro atoms. The Balaban J connectivity index is -0.0000000623. The smallest absolute Gasteiger partial charge is 0.0164 e. The molecule has 2 atom stereocenters. The molecular formula is C15H36N4Y2-4. The van der Waals surface area contributed by atoms with Gasteiger partial charge in [-0.15, -0.1) is 0 Å². The minimum absolute atomic E-state index is 0. The van der Waals surface area contributed by atoms with Crippen LogP contribution in [0.4, 0.5) is 0 Å². The van der Waals surface area contributed by atoms with Gasteiger partial charge < -0.3 is 42.6 Å². The molecule has 0 amide bonds. The van der Waals surface area contributed by atoms with Crippen LogP contribution in [0.15, 0.2) is 0 Å². The maximum atomic E-state index is 3.84. The van der Waals surface area contributed by atoms with Crippen molar-refractivity contribution in [2.45, 2.75) is 32.9 Å². The van der Waals surface area contributed by atoms with Crippen molar-refractivity contribution in [1.29, 1.82) is 0 Å². The summed E-state index contributed by atoms with van der Waals surface area (Å²) < 4.78 is 0. The van der Waals surface area contributed by atoms with Gasteiger partial charge in [-0.05, 0) is 26.9 Å². The Morgan fingerprint density at radius 2 is 1.43 bits per heavy atom. The van der Waals surface area contributed by atoms with Gasteiger partial charge in [-0.25, -0.2) is 0 Å². The van der Waals surface area contributed by atoms with Crippen molar-refractivity contribution in [2.75, 3.05) is 39.3 Å². The molecule has 2 radical (unpaired) electrons. The fraction of sp³-hybridized carbons (Fsp3) is 0.733. The number of hydrogen-bond acceptors (Lipinski definition) is 4. The third kappa shape index (κ3) is 22.0. The molecule has 2 aliphatic heterocycles. The summed E-state index contributed by atoms with van der Waals surface area (Å²) in [5.41, 5.74) is 0. The molecule has 0 saturated carbocycles. The van der Waals surface area contributed by atoms with Crippen LogP contribution in [0.3, 0.4) is 0 Å². The first-order valence-electron chi connectivity index (χ1n) is 6.62. The number of nitrogens with zero attached hydrogens (tertiary/aromatic N) is 1. The zero-order chi connectivity index (χ0) is 13.1. The van der Waals surface area contributed by atoms with Crippen LogP contribution in [-0.2, 0) is 65.4 Å². The van der Waals surface area contributed by atoms with Gasteiger partial charge in [0.05, 0.1) is 0 Å². The standard InChI is InChI=1S/C6H13N2.C5H12N2.C2H5.2CH3.2Y/c1-6-5-8(2)4-3-7-6;1-5-4-6-2-3-7-5;1-2;;;;/h6-7H,2-5H2,1H3;5-7H,2-4H2,1H3;1H2,2H3;2*1H3;;/q-1;;3*-1;;. The molecule has 2 aliphatic rings. The first-order valence-corrected chi connectivity index (χ1v) is 6.62. The van der Waals surface area contributed by atoms with Crippen molar-refractivity contribution < 1.29 is 65.4 Å². The number of nitrogens with one attached hydrogen (secondary N) is 3. The molecule has 3 N–H and O–H groups in total. The Hall–Kier alpha value is 2.05. The van der Waals surface area contributed by atoms with Crippen molar-refractivity contribution in [3.63, 3.8) is 0 Å². The van der Waals surface area contributed by atoms with Crippen LogP contribution in [0.2, 0.25) is 0 Å². The monoisotopic (exact) mass is 450 g/mol. The molecule has 0 bridgehead atoms. The Morgan fingerprint density at radius 1 is 0.905 bits per heavy atom. The van der Waals surface area contributed by atoms with E-state index in [1.165, 1.54) is 0 Å². The van der Waals surface area contributed by atoms with Crippen LogP contribution < -0.4 is 16.0 Å². The molecule has 0 aliphatic carbocycles. The zero-order valence-electron chi connectivity index (χ0n) is 14.9. The van der Waals surface area contributed by atoms with Gasteiger partial charge in [0.15, 0.2) is 0 Å². The molecule has 126 valence electrons. The fourth-order valence-corrected chi connectivity index (χ4v) is 1.81. The molecule has 2 rings (SSSR count). The van der Waals surface area contributed by atoms with Crippen molar-refractivity contribution in [3.8, 4) is 0 Å². The maximum Gasteiger partial charge on any atom is 0.0164 e. The third-order valence-corrected chi connectivity index (χ3v) is 2.70. The maximum absolute atomic E-state index is 3.84. The van der Waals surface area contributed by atoms with E-state index in [-0.39, 0.29) is 80.3 Å². The van der Waals surface area contributed by atoms with E-state index in [1.54, 1.807) is 6.92 Å². The van der Waals surface area contributed by atoms with Crippen molar-refractivity contribution in [3.05, 3.63) is 28.8 Å². The van der Waals surface area contributed by atoms with Crippen LogP contribution in [0.25, 0.3) is 0 Å². The Kier molecular flexibility index (Phi) is 39.8. The predicted octanol–water partition coefficient (Wildman–Crippen LogP) is 1.38. The Morgan fingerprint density at radius 3 is 1.67 bits per heavy atom. The molecule has 0 aromatic carbocycles. The van der Waals surface area contributed by atoms with Gasteiger partial charge in [0.2, 0.25) is 0 Å². The van der Waals surface area contributed by atoms with Crippen molar-refractivity contribution in [1.82, 2.24) is 20.9 Å². The summed E-state index contributed by atoms with van der Waals surface area (Å²) in [5, 5.41) is 9.92. The van der Waals surface area contributed by atoms with Crippen molar-refractivity contribution >= 4 is 0 Å². The molecular weight excluding hydrogens is 414 g/mol. The van der Waals surface area contributed by atoms with Crippen LogP contribution in [0, 0.1) is 28.8 Å². The van der Waals surface area contributed by atoms with Crippen LogP contribution in [-0.4, -0.2) is 56.3 Å². The summed E-state index contributed by atoms with van der Waals surface area (Å²) in [6.07, 6.45) is 0. The largest absolute Gasteiger partial charge is 0.457 e. The van der Waals surface area contributed by atoms with Gasteiger partial charge in [-0.2, -0.15) is 6.92 Å². The van der Waals surface area contributed by atoms with E-state index in [0.29, 0.717) is 12.1 Å². The van der Waals surface area contributed by atoms with E-state index >= 15 is 0 Å². The average molecular weight is 450 g/mol. The van der Waals surface area contributed by atoms with Gasteiger partial charge in [0.1, 0.15) is 0 Å². The quantitative estimate of drug-likeness (QED) is 0.488. The summed E-state index contributed by atoms with van der Waals surface area (Å²) in [5.74, 6) is 0. The Bertz CT molecular complexity index is 160. The van der Waals surface area contributed by atoms with E-state index in [1.807, 2.05) is 0 Å². The number of piperazine rings is 2. The van der Waals surface area contributed by atoms with Crippen LogP contribution in [0.5, 0.6) is 0 Å². The molecule has 4 nitrogen and oxygen atoms in total. The van der Waals surface area contributed by atoms with Crippen LogP contribution in [0.1, 0.15) is 20.8 Å². The molecule has 2 saturated heterocycles. The molecule has 21 heavy (non-hydrogen) atoms. The fourth-order valence-electron chi connectivity index (χ4n) is 1.81. The summed E-state index contributed by atoms with van der Waals surface area (Å²) >= 11 is 0. The summed E-state index contributed by atoms with van der Waals surface area (Å²) in [6, 6.07) is 1.30. The molecule has 2 fully saturated rings. The summed E-state index contributed by atoms with van der Waals surface area (Å²) in [6.45, 7) is 16.0. The van der Waals surface area contributed by atoms with Gasteiger partial charge >= 0.3 is 0 Å². The van der Waals surface area contributed by atoms with Gasteiger partial charge in [-0.1, -0.05) is 0 Å². The van der Waals surface area contributed by atoms with Gasteiger partial charge in [-0.3, -0.25) is 7.05 Å². The minimum atomic E-state index is 0. The van der Waals surface area contributed by atoms with E-state index in [4.69, 9.17) is 0 Å². The number of rotatable bonds is 0. The van der Waals surface area contributed by atoms with Crippen LogP contribution >= 0.6 is 0 Å².